The zero-order valence-electron chi connectivity index (χ0n) is 37.4. The molecule has 0 bridgehead atoms. The maximum Gasteiger partial charge on any atom is 0.326 e. The summed E-state index contributed by atoms with van der Waals surface area (Å²) in [5.41, 5.74) is 6.59. The van der Waals surface area contributed by atoms with Crippen LogP contribution in [-0.4, -0.2) is 127 Å². The van der Waals surface area contributed by atoms with Crippen LogP contribution in [0.2, 0.25) is 0 Å². The van der Waals surface area contributed by atoms with Crippen LogP contribution in [0, 0.1) is 17.3 Å². The molecule has 1 aromatic carbocycles. The van der Waals surface area contributed by atoms with Gasteiger partial charge in [0.15, 0.2) is 0 Å². The number of benzene rings is 1. The van der Waals surface area contributed by atoms with Crippen molar-refractivity contribution in [2.75, 3.05) is 6.61 Å². The van der Waals surface area contributed by atoms with Crippen molar-refractivity contribution in [1.29, 1.82) is 0 Å². The summed E-state index contributed by atoms with van der Waals surface area (Å²) < 4.78 is 0. The van der Waals surface area contributed by atoms with Crippen LogP contribution < -0.4 is 37.6 Å². The number of amides is 6. The van der Waals surface area contributed by atoms with E-state index in [4.69, 9.17) is 5.73 Å². The maximum atomic E-state index is 14.6. The first kappa shape index (κ1) is 51.3. The molecule has 0 spiro atoms. The number of aromatic amines is 2. The Morgan fingerprint density at radius 3 is 2.00 bits per heavy atom. The number of hydrogen-bond acceptors (Lipinski definition) is 11. The Hall–Kier alpha value is -6.35. The van der Waals surface area contributed by atoms with Gasteiger partial charge in [-0.05, 0) is 41.7 Å². The molecule has 65 heavy (non-hydrogen) atoms. The summed E-state index contributed by atoms with van der Waals surface area (Å²) in [6.45, 7) is 7.70. The third-order valence-electron chi connectivity index (χ3n) is 11.8. The normalized spacial score (nSPS) is 16.9. The van der Waals surface area contributed by atoms with Gasteiger partial charge < -0.3 is 62.9 Å². The van der Waals surface area contributed by atoms with E-state index in [0.717, 1.165) is 30.2 Å². The Morgan fingerprint density at radius 1 is 0.785 bits per heavy atom. The van der Waals surface area contributed by atoms with Crippen molar-refractivity contribution in [3.63, 3.8) is 0 Å². The van der Waals surface area contributed by atoms with Gasteiger partial charge in [-0.15, -0.1) is 0 Å². The van der Waals surface area contributed by atoms with Gasteiger partial charge in [-0.2, -0.15) is 0 Å². The number of aliphatic hydroxyl groups excluding tert-OH is 1. The zero-order valence-corrected chi connectivity index (χ0v) is 37.4. The number of nitrogens with one attached hydrogen (secondary N) is 8. The minimum Gasteiger partial charge on any atom is -0.481 e. The lowest BCUT2D eigenvalue weighted by molar-refractivity contribution is -0.145. The number of imidazole rings is 1. The second kappa shape index (κ2) is 23.5. The van der Waals surface area contributed by atoms with Crippen molar-refractivity contribution in [3.05, 3.63) is 54.2 Å². The van der Waals surface area contributed by atoms with Crippen LogP contribution >= 0.6 is 0 Å². The first-order chi connectivity index (χ1) is 30.7. The number of carbonyl (C=O) groups excluding carboxylic acids is 6. The topological polar surface area (TPSA) is 340 Å². The number of carboxylic acid groups (broad SMARTS) is 2. The SMILES string of the molecule is CCC(C)[C@H](NC(=O)[C@H](CC(=O)O)NC(=O)[C@@H](NC(=O)[C@@H](NC(=O)[C@H](Cc1c[nH]c2ccccc12)NC(=O)[C@H](Cc1cnc[nH]1)NC(=O)[C@@H](N)CO)C(C)(C)C)C1CCCCC1)C(=O)O. The number of nitrogens with two attached hydrogens (primary N) is 1. The molecule has 13 N–H and O–H groups in total. The molecule has 1 aliphatic rings. The third kappa shape index (κ3) is 14.6. The van der Waals surface area contributed by atoms with Crippen molar-refractivity contribution in [1.82, 2.24) is 46.9 Å². The van der Waals surface area contributed by atoms with Gasteiger partial charge in [-0.25, -0.2) is 9.78 Å². The number of carbonyl (C=O) groups is 8. The van der Waals surface area contributed by atoms with Crippen molar-refractivity contribution < 1.29 is 53.7 Å². The number of hydrogen-bond donors (Lipinski definition) is 12. The average Bonchev–Trinajstić information content (AvgIpc) is 3.94. The number of nitrogens with zero attached hydrogens (tertiary/aromatic N) is 1. The molecule has 0 saturated heterocycles. The molecule has 8 atom stereocenters. The lowest BCUT2D eigenvalue weighted by Crippen LogP contribution is -2.63. The summed E-state index contributed by atoms with van der Waals surface area (Å²) in [6, 6.07) is -2.39. The largest absolute Gasteiger partial charge is 0.481 e. The van der Waals surface area contributed by atoms with E-state index in [-0.39, 0.29) is 12.8 Å². The predicted octanol–water partition coefficient (Wildman–Crippen LogP) is 0.136. The van der Waals surface area contributed by atoms with Gasteiger partial charge in [0.2, 0.25) is 35.4 Å². The third-order valence-corrected chi connectivity index (χ3v) is 11.8. The summed E-state index contributed by atoms with van der Waals surface area (Å²) >= 11 is 0. The van der Waals surface area contributed by atoms with E-state index in [1.807, 2.05) is 24.3 Å². The highest BCUT2D eigenvalue weighted by atomic mass is 16.4. The summed E-state index contributed by atoms with van der Waals surface area (Å²) in [5.74, 6) is -8.80. The molecule has 2 heterocycles. The lowest BCUT2D eigenvalue weighted by atomic mass is 9.82. The highest BCUT2D eigenvalue weighted by molar-refractivity contribution is 5.98. The highest BCUT2D eigenvalue weighted by Crippen LogP contribution is 2.28. The Balaban J connectivity index is 1.65. The summed E-state index contributed by atoms with van der Waals surface area (Å²) in [7, 11) is 0. The van der Waals surface area contributed by atoms with Gasteiger partial charge in [0.25, 0.3) is 0 Å². The monoisotopic (exact) mass is 908 g/mol. The molecule has 21 heteroatoms. The Labute approximate surface area is 376 Å². The molecule has 3 aromatic rings. The summed E-state index contributed by atoms with van der Waals surface area (Å²) in [5, 5.41) is 45.4. The smallest absolute Gasteiger partial charge is 0.326 e. The van der Waals surface area contributed by atoms with Gasteiger partial charge in [0.05, 0.1) is 19.4 Å². The molecular weight excluding hydrogens is 845 g/mol. The van der Waals surface area contributed by atoms with Crippen molar-refractivity contribution in [3.8, 4) is 0 Å². The Morgan fingerprint density at radius 2 is 1.40 bits per heavy atom. The van der Waals surface area contributed by atoms with Crippen molar-refractivity contribution in [2.24, 2.45) is 23.0 Å². The first-order valence-corrected chi connectivity index (χ1v) is 21.9. The number of H-pyrrole nitrogens is 2. The van der Waals surface area contributed by atoms with Gasteiger partial charge in [0, 0.05) is 41.8 Å². The quantitative estimate of drug-likeness (QED) is 0.0603. The van der Waals surface area contributed by atoms with E-state index in [0.29, 0.717) is 30.5 Å². The fourth-order valence-electron chi connectivity index (χ4n) is 7.79. The fraction of sp³-hybridized carbons (Fsp3) is 0.568. The molecule has 1 unspecified atom stereocenters. The number of aliphatic carboxylic acids is 2. The van der Waals surface area contributed by atoms with Gasteiger partial charge >= 0.3 is 11.9 Å². The number of aromatic nitrogens is 3. The van der Waals surface area contributed by atoms with E-state index in [9.17, 15) is 53.7 Å². The van der Waals surface area contributed by atoms with Crippen LogP contribution in [0.3, 0.4) is 0 Å². The first-order valence-electron chi connectivity index (χ1n) is 21.9. The molecule has 0 aliphatic heterocycles. The fourth-order valence-corrected chi connectivity index (χ4v) is 7.79. The molecule has 6 amide bonds. The number of fused-ring (bicyclic) bond motifs is 1. The predicted molar refractivity (Wildman–Crippen MR) is 236 cm³/mol. The van der Waals surface area contributed by atoms with Gasteiger partial charge in [-0.3, -0.25) is 33.6 Å². The van der Waals surface area contributed by atoms with Crippen LogP contribution in [0.1, 0.15) is 90.8 Å². The van der Waals surface area contributed by atoms with E-state index in [1.165, 1.54) is 12.5 Å². The molecule has 1 saturated carbocycles. The second-order valence-corrected chi connectivity index (χ2v) is 17.8. The number of aliphatic hydroxyl groups is 1. The minimum absolute atomic E-state index is 0.0825. The zero-order chi connectivity index (χ0) is 48.0. The molecule has 356 valence electrons. The number of para-hydroxylation sites is 1. The molecule has 4 rings (SSSR count). The molecular formula is C44H64N10O11. The molecule has 21 nitrogen and oxygen atoms in total. The average molecular weight is 909 g/mol. The van der Waals surface area contributed by atoms with Gasteiger partial charge in [-0.1, -0.05) is 78.5 Å². The molecule has 1 fully saturated rings. The van der Waals surface area contributed by atoms with E-state index < -0.39 is 120 Å². The molecule has 0 radical (unpaired) electrons. The number of carboxylic acids is 2. The second-order valence-electron chi connectivity index (χ2n) is 17.8. The summed E-state index contributed by atoms with van der Waals surface area (Å²) in [6.07, 6.45) is 7.19. The van der Waals surface area contributed by atoms with E-state index in [1.54, 1.807) is 40.8 Å². The van der Waals surface area contributed by atoms with Crippen molar-refractivity contribution in [2.45, 2.75) is 135 Å². The van der Waals surface area contributed by atoms with E-state index in [2.05, 4.69) is 46.9 Å². The maximum absolute atomic E-state index is 14.6. The Bertz CT molecular complexity index is 2130. The van der Waals surface area contributed by atoms with E-state index >= 15 is 0 Å². The highest BCUT2D eigenvalue weighted by Gasteiger charge is 2.41. The van der Waals surface area contributed by atoms with Crippen LogP contribution in [0.4, 0.5) is 0 Å². The van der Waals surface area contributed by atoms with Gasteiger partial charge in [0.1, 0.15) is 42.3 Å². The van der Waals surface area contributed by atoms with Crippen LogP contribution in [0.25, 0.3) is 10.9 Å². The van der Waals surface area contributed by atoms with Crippen molar-refractivity contribution >= 4 is 58.3 Å². The Kier molecular flexibility index (Phi) is 18.6. The standard InChI is InChI=1S/C44H64N10O11/c1-6-23(2)34(43(64)65)52-39(60)32(18-33(56)57)51-41(62)35(24-12-8-7-9-13-24)53-42(63)36(44(3,4)5)54-40(61)30(16-25-19-47-29-15-11-10-14-27(25)29)50-38(59)31(17-26-20-46-22-48-26)49-37(58)28(45)21-55/h10-11,14-15,19-20,22-24,28,30-32,34-36,47,55H,6-9,12-13,16-18,21,45H2,1-5H3,(H,46,48)(H,49,58)(H,50,59)(H,51,62)(H,52,60)(H,53,63)(H,54,61)(H,56,57)(H,64,65)/t23?,28-,30-,31-,32-,34-,35-,36+/m0/s1. The summed E-state index contributed by atoms with van der Waals surface area (Å²) in [4.78, 5) is 118. The lowest BCUT2D eigenvalue weighted by Gasteiger charge is -2.36. The minimum atomic E-state index is -1.69. The van der Waals surface area contributed by atoms with Crippen LogP contribution in [0.15, 0.2) is 43.0 Å². The molecule has 1 aliphatic carbocycles. The molecule has 2 aromatic heterocycles. The van der Waals surface area contributed by atoms with Crippen LogP contribution in [0.5, 0.6) is 0 Å². The van der Waals surface area contributed by atoms with Crippen LogP contribution in [-0.2, 0) is 51.2 Å². The number of rotatable bonds is 23.